The molecule has 6 nitrogen and oxygen atoms in total. The number of carbonyl (C=O) groups is 1. The highest BCUT2D eigenvalue weighted by molar-refractivity contribution is 6.32. The summed E-state index contributed by atoms with van der Waals surface area (Å²) in [4.78, 5) is 12.6. The maximum atomic E-state index is 12.6. The van der Waals surface area contributed by atoms with Crippen molar-refractivity contribution in [1.82, 2.24) is 10.2 Å². The molecule has 0 saturated heterocycles. The monoisotopic (exact) mass is 345 g/mol. The Morgan fingerprint density at radius 1 is 1.38 bits per heavy atom. The Kier molecular flexibility index (Phi) is 4.57. The highest BCUT2D eigenvalue weighted by atomic mass is 35.5. The van der Waals surface area contributed by atoms with Gasteiger partial charge in [-0.3, -0.25) is 9.89 Å². The van der Waals surface area contributed by atoms with Crippen LogP contribution in [-0.4, -0.2) is 29.8 Å². The first kappa shape index (κ1) is 16.1. The fraction of sp³-hybridized carbons (Fsp3) is 0.176. The molecule has 0 spiro atoms. The van der Waals surface area contributed by atoms with E-state index in [1.807, 2.05) is 19.1 Å². The number of para-hydroxylation sites is 1. The van der Waals surface area contributed by atoms with Gasteiger partial charge in [-0.2, -0.15) is 5.10 Å². The lowest BCUT2D eigenvalue weighted by Crippen LogP contribution is -2.12. The number of fused-ring (bicyclic) bond motifs is 1. The summed E-state index contributed by atoms with van der Waals surface area (Å²) in [5.41, 5.74) is 1.77. The molecule has 2 aromatic carbocycles. The van der Waals surface area contributed by atoms with Crippen molar-refractivity contribution in [1.29, 1.82) is 0 Å². The quantitative estimate of drug-likeness (QED) is 0.735. The van der Waals surface area contributed by atoms with E-state index in [4.69, 9.17) is 21.1 Å². The van der Waals surface area contributed by atoms with E-state index in [0.717, 1.165) is 10.9 Å². The van der Waals surface area contributed by atoms with Crippen LogP contribution in [0.1, 0.15) is 17.3 Å². The average molecular weight is 346 g/mol. The van der Waals surface area contributed by atoms with E-state index in [1.165, 1.54) is 7.11 Å². The largest absolute Gasteiger partial charge is 0.493 e. The Labute approximate surface area is 143 Å². The summed E-state index contributed by atoms with van der Waals surface area (Å²) in [7, 11) is 1.50. The molecule has 1 amide bonds. The Hall–Kier alpha value is -2.73. The van der Waals surface area contributed by atoms with Crippen molar-refractivity contribution >= 4 is 34.1 Å². The van der Waals surface area contributed by atoms with Gasteiger partial charge in [0.1, 0.15) is 0 Å². The lowest BCUT2D eigenvalue weighted by Gasteiger charge is -2.13. The summed E-state index contributed by atoms with van der Waals surface area (Å²) >= 11 is 6.22. The molecule has 0 aliphatic carbocycles. The molecule has 1 aromatic heterocycles. The van der Waals surface area contributed by atoms with Crippen molar-refractivity contribution < 1.29 is 14.3 Å². The molecule has 0 radical (unpaired) electrons. The second-order valence-electron chi connectivity index (χ2n) is 5.02. The van der Waals surface area contributed by atoms with Gasteiger partial charge in [0.15, 0.2) is 11.5 Å². The highest BCUT2D eigenvalue weighted by Gasteiger charge is 2.16. The van der Waals surface area contributed by atoms with E-state index < -0.39 is 0 Å². The van der Waals surface area contributed by atoms with Gasteiger partial charge in [-0.25, -0.2) is 0 Å². The molecule has 7 heteroatoms. The minimum absolute atomic E-state index is 0.305. The summed E-state index contributed by atoms with van der Waals surface area (Å²) in [5.74, 6) is 0.531. The first-order chi connectivity index (χ1) is 11.6. The fourth-order valence-electron chi connectivity index (χ4n) is 2.40. The number of carbonyl (C=O) groups excluding carboxylic acids is 1. The van der Waals surface area contributed by atoms with Crippen molar-refractivity contribution in [3.05, 3.63) is 47.1 Å². The number of anilines is 1. The van der Waals surface area contributed by atoms with E-state index in [2.05, 4.69) is 15.5 Å². The molecule has 0 fully saturated rings. The zero-order chi connectivity index (χ0) is 17.1. The smallest absolute Gasteiger partial charge is 0.255 e. The number of aromatic nitrogens is 2. The second kappa shape index (κ2) is 6.80. The number of benzene rings is 2. The number of ether oxygens (including phenoxy) is 2. The Morgan fingerprint density at radius 3 is 2.96 bits per heavy atom. The predicted octanol–water partition coefficient (Wildman–Crippen LogP) is 3.88. The average Bonchev–Trinajstić information content (AvgIpc) is 3.06. The molecule has 0 aliphatic heterocycles. The number of nitrogens with one attached hydrogen (secondary N) is 2. The Morgan fingerprint density at radius 2 is 2.21 bits per heavy atom. The van der Waals surface area contributed by atoms with Gasteiger partial charge in [0.2, 0.25) is 0 Å². The molecule has 0 aliphatic rings. The maximum absolute atomic E-state index is 12.6. The van der Waals surface area contributed by atoms with Crippen LogP contribution in [0.15, 0.2) is 36.5 Å². The van der Waals surface area contributed by atoms with Crippen LogP contribution in [0.5, 0.6) is 11.5 Å². The van der Waals surface area contributed by atoms with E-state index in [0.29, 0.717) is 34.4 Å². The number of nitrogens with zero attached hydrogens (tertiary/aromatic N) is 1. The summed E-state index contributed by atoms with van der Waals surface area (Å²) in [6.45, 7) is 2.30. The maximum Gasteiger partial charge on any atom is 0.255 e. The molecule has 0 saturated carbocycles. The van der Waals surface area contributed by atoms with Gasteiger partial charge < -0.3 is 14.8 Å². The number of hydrogen-bond donors (Lipinski definition) is 2. The minimum atomic E-state index is -0.305. The Balaban J connectivity index is 1.93. The summed E-state index contributed by atoms with van der Waals surface area (Å²) in [5, 5.41) is 10.9. The molecule has 3 aromatic rings. The number of rotatable bonds is 5. The van der Waals surface area contributed by atoms with Gasteiger partial charge in [-0.15, -0.1) is 0 Å². The van der Waals surface area contributed by atoms with Gasteiger partial charge >= 0.3 is 0 Å². The normalized spacial score (nSPS) is 10.6. The first-order valence-electron chi connectivity index (χ1n) is 7.37. The standard InChI is InChI=1S/C17H16ClN3O3/c1-3-24-16-12(18)7-11(8-14(16)23-2)17(22)20-13-6-4-5-10-9-19-21-15(10)13/h4-9H,3H2,1-2H3,(H,19,21)(H,20,22). The van der Waals surface area contributed by atoms with Gasteiger partial charge in [-0.05, 0) is 25.1 Å². The highest BCUT2D eigenvalue weighted by Crippen LogP contribution is 2.36. The van der Waals surface area contributed by atoms with Gasteiger partial charge in [0.05, 0.1) is 36.1 Å². The summed E-state index contributed by atoms with van der Waals surface area (Å²) in [6, 6.07) is 8.70. The number of amides is 1. The predicted molar refractivity (Wildman–Crippen MR) is 93.2 cm³/mol. The molecule has 0 atom stereocenters. The lowest BCUT2D eigenvalue weighted by molar-refractivity contribution is 0.102. The number of methoxy groups -OCH3 is 1. The van der Waals surface area contributed by atoms with Crippen LogP contribution in [0.4, 0.5) is 5.69 Å². The van der Waals surface area contributed by atoms with Gasteiger partial charge in [0, 0.05) is 10.9 Å². The van der Waals surface area contributed by atoms with Crippen LogP contribution in [0, 0.1) is 0 Å². The lowest BCUT2D eigenvalue weighted by atomic mass is 10.1. The SMILES string of the molecule is CCOc1c(Cl)cc(C(=O)Nc2cccc3cn[nH]c23)cc1OC. The van der Waals surface area contributed by atoms with Gasteiger partial charge in [0.25, 0.3) is 5.91 Å². The molecular weight excluding hydrogens is 330 g/mol. The Bertz CT molecular complexity index is 892. The van der Waals surface area contributed by atoms with Crippen molar-refractivity contribution in [3.8, 4) is 11.5 Å². The van der Waals surface area contributed by atoms with Crippen LogP contribution >= 0.6 is 11.6 Å². The molecule has 0 bridgehead atoms. The molecule has 3 rings (SSSR count). The number of hydrogen-bond acceptors (Lipinski definition) is 4. The number of aromatic amines is 1. The van der Waals surface area contributed by atoms with E-state index in [9.17, 15) is 4.79 Å². The van der Waals surface area contributed by atoms with E-state index >= 15 is 0 Å². The third kappa shape index (κ3) is 3.00. The van der Waals surface area contributed by atoms with E-state index in [1.54, 1.807) is 24.4 Å². The van der Waals surface area contributed by atoms with Crippen LogP contribution in [0.25, 0.3) is 10.9 Å². The van der Waals surface area contributed by atoms with Crippen LogP contribution in [0.2, 0.25) is 5.02 Å². The van der Waals surface area contributed by atoms with Crippen molar-refractivity contribution in [2.24, 2.45) is 0 Å². The topological polar surface area (TPSA) is 76.2 Å². The number of H-pyrrole nitrogens is 1. The zero-order valence-electron chi connectivity index (χ0n) is 13.2. The molecule has 0 unspecified atom stereocenters. The second-order valence-corrected chi connectivity index (χ2v) is 5.42. The molecule has 124 valence electrons. The number of halogens is 1. The van der Waals surface area contributed by atoms with Gasteiger partial charge in [-0.1, -0.05) is 23.7 Å². The summed E-state index contributed by atoms with van der Waals surface area (Å²) < 4.78 is 10.7. The van der Waals surface area contributed by atoms with Crippen molar-refractivity contribution in [2.45, 2.75) is 6.92 Å². The summed E-state index contributed by atoms with van der Waals surface area (Å²) in [6.07, 6.45) is 1.70. The molecular formula is C17H16ClN3O3. The van der Waals surface area contributed by atoms with Crippen LogP contribution in [0.3, 0.4) is 0 Å². The zero-order valence-corrected chi connectivity index (χ0v) is 14.0. The van der Waals surface area contributed by atoms with E-state index in [-0.39, 0.29) is 5.91 Å². The third-order valence-electron chi connectivity index (χ3n) is 3.51. The van der Waals surface area contributed by atoms with Crippen LogP contribution in [-0.2, 0) is 0 Å². The molecule has 2 N–H and O–H groups in total. The first-order valence-corrected chi connectivity index (χ1v) is 7.75. The van der Waals surface area contributed by atoms with Crippen molar-refractivity contribution in [3.63, 3.8) is 0 Å². The van der Waals surface area contributed by atoms with Crippen molar-refractivity contribution in [2.75, 3.05) is 19.0 Å². The molecule has 1 heterocycles. The minimum Gasteiger partial charge on any atom is -0.493 e. The third-order valence-corrected chi connectivity index (χ3v) is 3.79. The fourth-order valence-corrected chi connectivity index (χ4v) is 2.67. The molecule has 24 heavy (non-hydrogen) atoms. The van der Waals surface area contributed by atoms with Crippen LogP contribution < -0.4 is 14.8 Å².